The summed E-state index contributed by atoms with van der Waals surface area (Å²) in [7, 11) is -8.54. The average molecular weight is 286 g/mol. The van der Waals surface area contributed by atoms with Crippen LogP contribution in [0.25, 0.3) is 0 Å². The van der Waals surface area contributed by atoms with E-state index >= 15 is 0 Å². The van der Waals surface area contributed by atoms with Crippen LogP contribution < -0.4 is 0 Å². The van der Waals surface area contributed by atoms with Crippen molar-refractivity contribution in [2.45, 2.75) is 4.90 Å². The van der Waals surface area contributed by atoms with Crippen LogP contribution in [0.15, 0.2) is 65.6 Å². The van der Waals surface area contributed by atoms with Crippen molar-refractivity contribution in [3.8, 4) is 11.2 Å². The van der Waals surface area contributed by atoms with Crippen molar-refractivity contribution in [3.63, 3.8) is 0 Å². The zero-order valence-corrected chi connectivity index (χ0v) is 10.5. The summed E-state index contributed by atoms with van der Waals surface area (Å²) in [5.41, 5.74) is 0.119. The predicted molar refractivity (Wildman–Crippen MR) is 70.1 cm³/mol. The maximum absolute atomic E-state index is 13.8. The Balaban J connectivity index is 2.55. The number of rotatable bonds is 1. The van der Waals surface area contributed by atoms with Crippen LogP contribution in [0.4, 0.5) is 15.5 Å². The van der Waals surface area contributed by atoms with Crippen LogP contribution >= 0.6 is 9.84 Å². The normalized spacial score (nSPS) is 14.7. The topological polar surface area (TPSA) is 0 Å². The van der Waals surface area contributed by atoms with Crippen molar-refractivity contribution in [2.24, 2.45) is 0 Å². The molecule has 0 heterocycles. The Morgan fingerprint density at radius 1 is 0.684 bits per heavy atom. The highest BCUT2D eigenvalue weighted by Crippen LogP contribution is 3.00. The molecule has 19 heavy (non-hydrogen) atoms. The number of benzene rings is 2. The number of hydrogen-bond donors (Lipinski definition) is 0. The van der Waals surface area contributed by atoms with Gasteiger partial charge >= 0.3 is 0 Å². The molecule has 0 aliphatic rings. The first kappa shape index (κ1) is 13.5. The fourth-order valence-electron chi connectivity index (χ4n) is 1.44. The van der Waals surface area contributed by atoms with Gasteiger partial charge in [0.25, 0.3) is 0 Å². The summed E-state index contributed by atoms with van der Waals surface area (Å²) in [5.74, 6) is 1.87. The second-order valence-corrected chi connectivity index (χ2v) is 6.79. The third-order valence-electron chi connectivity index (χ3n) is 2.39. The van der Waals surface area contributed by atoms with Crippen LogP contribution in [0, 0.1) is 11.2 Å². The lowest BCUT2D eigenvalue weighted by Crippen LogP contribution is -2.10. The monoisotopic (exact) mass is 286 g/mol. The van der Waals surface area contributed by atoms with E-state index in [1.807, 2.05) is 5.92 Å². The molecule has 2 rings (SSSR count). The summed E-state index contributed by atoms with van der Waals surface area (Å²) in [6, 6.07) is 12.6. The third kappa shape index (κ3) is 3.09. The summed E-state index contributed by atoms with van der Waals surface area (Å²) in [5, 5.41) is 0.946. The molecule has 0 aliphatic carbocycles. The summed E-state index contributed by atoms with van der Waals surface area (Å²) < 4.78 is 55.3. The van der Waals surface area contributed by atoms with Gasteiger partial charge in [0.1, 0.15) is 0 Å². The smallest absolute Gasteiger partial charge is 0.110 e. The van der Waals surface area contributed by atoms with E-state index in [4.69, 9.17) is 0 Å². The van der Waals surface area contributed by atoms with Gasteiger partial charge in [0, 0.05) is 10.8 Å². The molecule has 0 unspecified atom stereocenters. The molecule has 5 heteroatoms. The Morgan fingerprint density at radius 3 is 1.68 bits per heavy atom. The van der Waals surface area contributed by atoms with Crippen molar-refractivity contribution in [1.82, 2.24) is 0 Å². The Bertz CT molecular complexity index is 647. The van der Waals surface area contributed by atoms with Crippen LogP contribution in [-0.4, -0.2) is 0 Å². The first-order chi connectivity index (χ1) is 8.70. The van der Waals surface area contributed by atoms with Gasteiger partial charge in [-0.3, -0.25) is 0 Å². The highest BCUT2D eigenvalue weighted by molar-refractivity contribution is 8.53. The molecule has 0 spiro atoms. The Hall–Kier alpha value is -1.93. The Kier molecular flexibility index (Phi) is 2.69. The molecular formula is C14H10F4S. The molecular weight excluding hydrogens is 276 g/mol. The van der Waals surface area contributed by atoms with Crippen molar-refractivity contribution in [1.29, 1.82) is 0 Å². The standard InChI is InChI=1S/C14H10F4S/c15-19(16,17,18,14-9-5-2-6-10-14)12-11-13-7-3-1-4-8-13/h1-10H. The second kappa shape index (κ2) is 3.78. The minimum absolute atomic E-state index is 0.119. The molecule has 2 aromatic carbocycles. The Morgan fingerprint density at radius 2 is 1.16 bits per heavy atom. The van der Waals surface area contributed by atoms with E-state index in [9.17, 15) is 15.5 Å². The first-order valence-corrected chi connectivity index (χ1v) is 7.40. The largest absolute Gasteiger partial charge is 0.240 e. The first-order valence-electron chi connectivity index (χ1n) is 5.35. The van der Waals surface area contributed by atoms with Crippen LogP contribution in [0.3, 0.4) is 0 Å². The molecule has 0 fully saturated rings. The lowest BCUT2D eigenvalue weighted by atomic mass is 10.2. The molecule has 0 radical (unpaired) electrons. The SMILES string of the molecule is FS(F)(F)(F)(C#Cc1ccccc1)c1ccccc1. The molecule has 0 atom stereocenters. The fourth-order valence-corrected chi connectivity index (χ4v) is 2.58. The summed E-state index contributed by atoms with van der Waals surface area (Å²) in [6.45, 7) is 0. The van der Waals surface area contributed by atoms with E-state index in [0.29, 0.717) is 12.1 Å². The molecule has 0 amide bonds. The zero-order chi connectivity index (χ0) is 14.0. The highest BCUT2D eigenvalue weighted by atomic mass is 32.5. The van der Waals surface area contributed by atoms with Gasteiger partial charge in [-0.1, -0.05) is 36.4 Å². The third-order valence-corrected chi connectivity index (χ3v) is 4.13. The molecule has 2 aromatic rings. The van der Waals surface area contributed by atoms with Crippen LogP contribution in [0.2, 0.25) is 0 Å². The summed E-state index contributed by atoms with van der Waals surface area (Å²) in [4.78, 5) is -1.33. The van der Waals surface area contributed by atoms with Gasteiger partial charge in [-0.15, -0.1) is 15.5 Å². The van der Waals surface area contributed by atoms with Gasteiger partial charge in [0.05, 0.1) is 4.90 Å². The van der Waals surface area contributed by atoms with E-state index in [-0.39, 0.29) is 5.56 Å². The van der Waals surface area contributed by atoms with E-state index in [1.54, 1.807) is 18.2 Å². The van der Waals surface area contributed by atoms with Gasteiger partial charge in [-0.25, -0.2) is 0 Å². The maximum Gasteiger partial charge on any atom is 0.240 e. The van der Waals surface area contributed by atoms with Crippen molar-refractivity contribution >= 4 is 9.84 Å². The van der Waals surface area contributed by atoms with E-state index < -0.39 is 14.7 Å². The lowest BCUT2D eigenvalue weighted by molar-refractivity contribution is 0.470. The number of hydrogen-bond acceptors (Lipinski definition) is 0. The molecule has 0 bridgehead atoms. The Labute approximate surface area is 108 Å². The van der Waals surface area contributed by atoms with Gasteiger partial charge in [0.2, 0.25) is 9.84 Å². The minimum Gasteiger partial charge on any atom is -0.110 e. The van der Waals surface area contributed by atoms with Crippen molar-refractivity contribution in [2.75, 3.05) is 0 Å². The molecule has 0 saturated heterocycles. The highest BCUT2D eigenvalue weighted by Gasteiger charge is 2.63. The molecule has 0 saturated carbocycles. The van der Waals surface area contributed by atoms with E-state index in [0.717, 1.165) is 17.4 Å². The number of halogens is 4. The van der Waals surface area contributed by atoms with Crippen molar-refractivity contribution < 1.29 is 15.5 Å². The summed E-state index contributed by atoms with van der Waals surface area (Å²) in [6.07, 6.45) is 0. The van der Waals surface area contributed by atoms with E-state index in [1.165, 1.54) is 18.2 Å². The van der Waals surface area contributed by atoms with Crippen LogP contribution in [-0.2, 0) is 0 Å². The molecule has 100 valence electrons. The lowest BCUT2D eigenvalue weighted by Gasteiger charge is -2.44. The molecule has 0 nitrogen and oxygen atoms in total. The van der Waals surface area contributed by atoms with E-state index in [2.05, 4.69) is 0 Å². The van der Waals surface area contributed by atoms with Gasteiger partial charge in [0.15, 0.2) is 0 Å². The minimum atomic E-state index is -8.54. The fraction of sp³-hybridized carbons (Fsp3) is 0. The average Bonchev–Trinajstić information content (AvgIpc) is 2.38. The van der Waals surface area contributed by atoms with Gasteiger partial charge in [-0.2, -0.15) is 0 Å². The second-order valence-electron chi connectivity index (χ2n) is 3.98. The van der Waals surface area contributed by atoms with Gasteiger partial charge < -0.3 is 0 Å². The predicted octanol–water partition coefficient (Wildman–Crippen LogP) is 5.47. The van der Waals surface area contributed by atoms with Crippen LogP contribution in [0.1, 0.15) is 5.56 Å². The van der Waals surface area contributed by atoms with Crippen molar-refractivity contribution in [3.05, 3.63) is 66.2 Å². The molecule has 0 N–H and O–H groups in total. The van der Waals surface area contributed by atoms with Crippen LogP contribution in [0.5, 0.6) is 0 Å². The quantitative estimate of drug-likeness (QED) is 0.482. The maximum atomic E-state index is 13.8. The zero-order valence-electron chi connectivity index (χ0n) is 9.69. The molecule has 0 aliphatic heterocycles. The molecule has 0 aromatic heterocycles. The van der Waals surface area contributed by atoms with Gasteiger partial charge in [-0.05, 0) is 30.2 Å². The summed E-state index contributed by atoms with van der Waals surface area (Å²) >= 11 is 0.